The Morgan fingerprint density at radius 3 is 2.38 bits per heavy atom. The standard InChI is InChI=1S/C17H21N3O4/c1-17(2,3)20(11-15(21)18-14-9-10-24-19-14)16(22)12-5-7-13(23-4)8-6-12/h5-10H,11H2,1-4H3,(H,18,19,21). The minimum Gasteiger partial charge on any atom is -0.497 e. The minimum atomic E-state index is -0.530. The summed E-state index contributed by atoms with van der Waals surface area (Å²) < 4.78 is 9.76. The Hall–Kier alpha value is -2.83. The van der Waals surface area contributed by atoms with Crippen molar-refractivity contribution >= 4 is 17.6 Å². The van der Waals surface area contributed by atoms with Crippen molar-refractivity contribution in [1.29, 1.82) is 0 Å². The van der Waals surface area contributed by atoms with Gasteiger partial charge in [-0.1, -0.05) is 5.16 Å². The van der Waals surface area contributed by atoms with Crippen LogP contribution in [0.25, 0.3) is 0 Å². The number of methoxy groups -OCH3 is 1. The topological polar surface area (TPSA) is 84.7 Å². The number of hydrogen-bond donors (Lipinski definition) is 1. The highest BCUT2D eigenvalue weighted by Gasteiger charge is 2.29. The molecule has 24 heavy (non-hydrogen) atoms. The van der Waals surface area contributed by atoms with Gasteiger partial charge in [-0.25, -0.2) is 0 Å². The van der Waals surface area contributed by atoms with Crippen LogP contribution >= 0.6 is 0 Å². The number of hydrogen-bond acceptors (Lipinski definition) is 5. The van der Waals surface area contributed by atoms with Crippen molar-refractivity contribution in [2.24, 2.45) is 0 Å². The van der Waals surface area contributed by atoms with E-state index in [0.717, 1.165) is 0 Å². The summed E-state index contributed by atoms with van der Waals surface area (Å²) in [5, 5.41) is 6.21. The molecule has 1 aromatic carbocycles. The molecule has 128 valence electrons. The quantitative estimate of drug-likeness (QED) is 0.910. The van der Waals surface area contributed by atoms with E-state index in [1.165, 1.54) is 17.2 Å². The van der Waals surface area contributed by atoms with Crippen LogP contribution in [0.2, 0.25) is 0 Å². The Morgan fingerprint density at radius 2 is 1.88 bits per heavy atom. The van der Waals surface area contributed by atoms with Gasteiger partial charge >= 0.3 is 0 Å². The third kappa shape index (κ3) is 4.34. The predicted octanol–water partition coefficient (Wildman–Crippen LogP) is 2.56. The molecule has 0 fully saturated rings. The molecular formula is C17H21N3O4. The van der Waals surface area contributed by atoms with Gasteiger partial charge in [0.2, 0.25) is 5.91 Å². The van der Waals surface area contributed by atoms with Crippen LogP contribution in [0.3, 0.4) is 0 Å². The van der Waals surface area contributed by atoms with Gasteiger partial charge in [0.15, 0.2) is 5.82 Å². The Labute approximate surface area is 140 Å². The number of rotatable bonds is 5. The highest BCUT2D eigenvalue weighted by molar-refractivity contribution is 5.99. The first-order chi connectivity index (χ1) is 11.3. The Balaban J connectivity index is 2.15. The normalized spacial score (nSPS) is 11.0. The lowest BCUT2D eigenvalue weighted by atomic mass is 10.0. The van der Waals surface area contributed by atoms with E-state index in [4.69, 9.17) is 4.74 Å². The van der Waals surface area contributed by atoms with E-state index in [-0.39, 0.29) is 18.4 Å². The van der Waals surface area contributed by atoms with Crippen LogP contribution in [0.15, 0.2) is 41.1 Å². The van der Waals surface area contributed by atoms with Gasteiger partial charge in [0.1, 0.15) is 18.6 Å². The number of anilines is 1. The van der Waals surface area contributed by atoms with E-state index in [0.29, 0.717) is 17.1 Å². The molecule has 0 unspecified atom stereocenters. The van der Waals surface area contributed by atoms with E-state index >= 15 is 0 Å². The zero-order valence-corrected chi connectivity index (χ0v) is 14.2. The first kappa shape index (κ1) is 17.5. The maximum Gasteiger partial charge on any atom is 0.254 e. The van der Waals surface area contributed by atoms with Gasteiger partial charge in [0.25, 0.3) is 5.91 Å². The van der Waals surface area contributed by atoms with Crippen LogP contribution in [0, 0.1) is 0 Å². The van der Waals surface area contributed by atoms with Crippen molar-refractivity contribution in [1.82, 2.24) is 10.1 Å². The fraction of sp³-hybridized carbons (Fsp3) is 0.353. The largest absolute Gasteiger partial charge is 0.497 e. The average Bonchev–Trinajstić information content (AvgIpc) is 3.04. The molecule has 7 nitrogen and oxygen atoms in total. The summed E-state index contributed by atoms with van der Waals surface area (Å²) in [7, 11) is 1.56. The molecule has 0 atom stereocenters. The molecule has 0 aliphatic heterocycles. The molecular weight excluding hydrogens is 310 g/mol. The Kier molecular flexibility index (Phi) is 5.23. The van der Waals surface area contributed by atoms with Gasteiger partial charge in [-0.15, -0.1) is 0 Å². The SMILES string of the molecule is COc1ccc(C(=O)N(CC(=O)Nc2ccon2)C(C)(C)C)cc1. The Morgan fingerprint density at radius 1 is 1.21 bits per heavy atom. The third-order valence-electron chi connectivity index (χ3n) is 3.40. The molecule has 0 aliphatic carbocycles. The highest BCUT2D eigenvalue weighted by atomic mass is 16.5. The van der Waals surface area contributed by atoms with E-state index in [2.05, 4.69) is 15.0 Å². The molecule has 7 heteroatoms. The molecule has 0 saturated heterocycles. The molecule has 0 saturated carbocycles. The van der Waals surface area contributed by atoms with Gasteiger partial charge in [0.05, 0.1) is 7.11 Å². The molecule has 1 aromatic heterocycles. The van der Waals surface area contributed by atoms with E-state index < -0.39 is 5.54 Å². The molecule has 0 aliphatic rings. The lowest BCUT2D eigenvalue weighted by Gasteiger charge is -2.35. The van der Waals surface area contributed by atoms with Crippen molar-refractivity contribution in [2.45, 2.75) is 26.3 Å². The first-order valence-electron chi connectivity index (χ1n) is 7.47. The molecule has 1 N–H and O–H groups in total. The maximum absolute atomic E-state index is 12.8. The number of carbonyl (C=O) groups excluding carboxylic acids is 2. The number of amides is 2. The molecule has 2 rings (SSSR count). The number of ether oxygens (including phenoxy) is 1. The van der Waals surface area contributed by atoms with Crippen LogP contribution in [-0.4, -0.2) is 41.1 Å². The second-order valence-corrected chi connectivity index (χ2v) is 6.22. The monoisotopic (exact) mass is 331 g/mol. The summed E-state index contributed by atoms with van der Waals surface area (Å²) in [5.74, 6) is 0.393. The van der Waals surface area contributed by atoms with Gasteiger partial charge in [0, 0.05) is 17.2 Å². The van der Waals surface area contributed by atoms with Gasteiger partial charge in [-0.3, -0.25) is 9.59 Å². The number of nitrogens with zero attached hydrogens (tertiary/aromatic N) is 2. The maximum atomic E-state index is 12.8. The van der Waals surface area contributed by atoms with Crippen molar-refractivity contribution in [2.75, 3.05) is 19.0 Å². The van der Waals surface area contributed by atoms with Crippen molar-refractivity contribution in [3.8, 4) is 5.75 Å². The third-order valence-corrected chi connectivity index (χ3v) is 3.40. The number of benzene rings is 1. The summed E-state index contributed by atoms with van der Waals surface area (Å²) in [6.07, 6.45) is 1.36. The van der Waals surface area contributed by atoms with Crippen molar-refractivity contribution in [3.05, 3.63) is 42.2 Å². The van der Waals surface area contributed by atoms with Crippen molar-refractivity contribution in [3.63, 3.8) is 0 Å². The van der Waals surface area contributed by atoms with Crippen LogP contribution in [0.4, 0.5) is 5.82 Å². The van der Waals surface area contributed by atoms with Crippen LogP contribution < -0.4 is 10.1 Å². The van der Waals surface area contributed by atoms with Crippen LogP contribution in [0.1, 0.15) is 31.1 Å². The fourth-order valence-corrected chi connectivity index (χ4v) is 2.11. The lowest BCUT2D eigenvalue weighted by Crippen LogP contribution is -2.49. The summed E-state index contributed by atoms with van der Waals surface area (Å²) in [6.45, 7) is 5.52. The molecule has 2 amide bonds. The van der Waals surface area contributed by atoms with E-state index in [9.17, 15) is 9.59 Å². The molecule has 0 radical (unpaired) electrons. The lowest BCUT2D eigenvalue weighted by molar-refractivity contribution is -0.117. The zero-order chi connectivity index (χ0) is 17.7. The molecule has 0 bridgehead atoms. The average molecular weight is 331 g/mol. The second kappa shape index (κ2) is 7.16. The summed E-state index contributed by atoms with van der Waals surface area (Å²) in [5.41, 5.74) is -0.0435. The van der Waals surface area contributed by atoms with Crippen LogP contribution in [0.5, 0.6) is 5.75 Å². The summed E-state index contributed by atoms with van der Waals surface area (Å²) in [4.78, 5) is 26.5. The van der Waals surface area contributed by atoms with Gasteiger partial charge < -0.3 is 19.5 Å². The first-order valence-corrected chi connectivity index (χ1v) is 7.47. The molecule has 0 spiro atoms. The minimum absolute atomic E-state index is 0.0960. The van der Waals surface area contributed by atoms with E-state index in [1.54, 1.807) is 31.4 Å². The number of nitrogens with one attached hydrogen (secondary N) is 1. The van der Waals surface area contributed by atoms with Gasteiger partial charge in [-0.2, -0.15) is 0 Å². The second-order valence-electron chi connectivity index (χ2n) is 6.22. The van der Waals surface area contributed by atoms with E-state index in [1.807, 2.05) is 20.8 Å². The van der Waals surface area contributed by atoms with Crippen molar-refractivity contribution < 1.29 is 18.8 Å². The number of carbonyl (C=O) groups is 2. The van der Waals surface area contributed by atoms with Gasteiger partial charge in [-0.05, 0) is 45.0 Å². The molecule has 1 heterocycles. The highest BCUT2D eigenvalue weighted by Crippen LogP contribution is 2.19. The fourth-order valence-electron chi connectivity index (χ4n) is 2.11. The molecule has 2 aromatic rings. The number of aromatic nitrogens is 1. The summed E-state index contributed by atoms with van der Waals surface area (Å²) >= 11 is 0. The summed E-state index contributed by atoms with van der Waals surface area (Å²) in [6, 6.07) is 8.31. The smallest absolute Gasteiger partial charge is 0.254 e. The van der Waals surface area contributed by atoms with Crippen LogP contribution in [-0.2, 0) is 4.79 Å². The predicted molar refractivity (Wildman–Crippen MR) is 88.9 cm³/mol. The zero-order valence-electron chi connectivity index (χ0n) is 14.2. The Bertz CT molecular complexity index is 688.